The number of fused-ring (bicyclic) bond motifs is 3. The van der Waals surface area contributed by atoms with Gasteiger partial charge in [-0.25, -0.2) is 4.98 Å². The Balaban J connectivity index is 1.65. The zero-order valence-electron chi connectivity index (χ0n) is 13.0. The molecular weight excluding hydrogens is 291 g/mol. The van der Waals surface area contributed by atoms with Crippen molar-refractivity contribution in [2.45, 2.75) is 6.92 Å². The highest BCUT2D eigenvalue weighted by Crippen LogP contribution is 2.42. The van der Waals surface area contributed by atoms with Crippen LogP contribution in [-0.4, -0.2) is 46.6 Å². The molecule has 118 valence electrons. The van der Waals surface area contributed by atoms with E-state index in [4.69, 9.17) is 4.65 Å². The van der Waals surface area contributed by atoms with Crippen LogP contribution in [0.5, 0.6) is 5.75 Å². The van der Waals surface area contributed by atoms with Crippen molar-refractivity contribution >= 4 is 23.7 Å². The van der Waals surface area contributed by atoms with Gasteiger partial charge in [-0.15, -0.1) is 0 Å². The Kier molecular flexibility index (Phi) is 3.30. The minimum Gasteiger partial charge on any atom is -0.531 e. The van der Waals surface area contributed by atoms with Gasteiger partial charge in [0.1, 0.15) is 11.4 Å². The topological polar surface area (TPSA) is 73.4 Å². The summed E-state index contributed by atoms with van der Waals surface area (Å²) in [5.74, 6) is 3.76. The maximum absolute atomic E-state index is 10.00. The van der Waals surface area contributed by atoms with Crippen LogP contribution in [0, 0.1) is 5.92 Å². The molecule has 0 aromatic carbocycles. The third-order valence-electron chi connectivity index (χ3n) is 4.49. The van der Waals surface area contributed by atoms with E-state index < -0.39 is 7.12 Å². The van der Waals surface area contributed by atoms with E-state index in [0.29, 0.717) is 11.7 Å². The van der Waals surface area contributed by atoms with Crippen molar-refractivity contribution in [1.82, 2.24) is 20.2 Å². The Labute approximate surface area is 135 Å². The van der Waals surface area contributed by atoms with E-state index in [1.54, 1.807) is 6.20 Å². The van der Waals surface area contributed by atoms with Gasteiger partial charge in [-0.05, 0) is 24.5 Å². The van der Waals surface area contributed by atoms with Gasteiger partial charge in [-0.3, -0.25) is 0 Å². The van der Waals surface area contributed by atoms with Gasteiger partial charge >= 0.3 is 7.12 Å². The highest BCUT2D eigenvalue weighted by atomic mass is 16.5. The molecule has 2 aromatic rings. The average molecular weight is 310 g/mol. The molecule has 0 amide bonds. The first-order chi connectivity index (χ1) is 11.2. The molecule has 1 fully saturated rings. The quantitative estimate of drug-likeness (QED) is 0.744. The van der Waals surface area contributed by atoms with Crippen molar-refractivity contribution in [2.24, 2.45) is 5.92 Å². The number of aromatic nitrogens is 2. The van der Waals surface area contributed by atoms with Crippen LogP contribution >= 0.6 is 0 Å². The molecule has 2 aromatic heterocycles. The largest absolute Gasteiger partial charge is 0.552 e. The Morgan fingerprint density at radius 2 is 2.43 bits per heavy atom. The molecule has 0 atom stereocenters. The first-order valence-electron chi connectivity index (χ1n) is 7.88. The normalized spacial score (nSPS) is 17.4. The van der Waals surface area contributed by atoms with Gasteiger partial charge in [0.05, 0.1) is 12.0 Å². The lowest BCUT2D eigenvalue weighted by molar-refractivity contribution is 0.174. The van der Waals surface area contributed by atoms with Crippen molar-refractivity contribution in [3.05, 3.63) is 42.4 Å². The highest BCUT2D eigenvalue weighted by Gasteiger charge is 2.36. The van der Waals surface area contributed by atoms with Gasteiger partial charge in [0.15, 0.2) is 0 Å². The van der Waals surface area contributed by atoms with E-state index in [1.807, 2.05) is 18.2 Å². The number of pyridine rings is 1. The summed E-state index contributed by atoms with van der Waals surface area (Å²) in [5.41, 5.74) is 3.01. The molecule has 4 heterocycles. The van der Waals surface area contributed by atoms with Crippen LogP contribution in [0.15, 0.2) is 36.8 Å². The SMILES string of the molecule is C=C(NCC)N1CC(C2=CB(O)Oc3cnc4[nH]ccc4c32)C1. The molecule has 0 saturated carbocycles. The summed E-state index contributed by atoms with van der Waals surface area (Å²) < 4.78 is 5.53. The van der Waals surface area contributed by atoms with Crippen molar-refractivity contribution in [3.63, 3.8) is 0 Å². The zero-order chi connectivity index (χ0) is 16.0. The van der Waals surface area contributed by atoms with Gasteiger partial charge in [0.25, 0.3) is 0 Å². The molecule has 3 N–H and O–H groups in total. The molecule has 0 aliphatic carbocycles. The summed E-state index contributed by atoms with van der Waals surface area (Å²) in [6.07, 6.45) is 3.55. The maximum Gasteiger partial charge on any atom is 0.552 e. The van der Waals surface area contributed by atoms with Crippen molar-refractivity contribution in [2.75, 3.05) is 19.6 Å². The molecule has 2 aliphatic heterocycles. The monoisotopic (exact) mass is 310 g/mol. The number of rotatable bonds is 4. The molecule has 0 unspecified atom stereocenters. The number of hydrogen-bond acceptors (Lipinski definition) is 5. The molecule has 1 saturated heterocycles. The van der Waals surface area contributed by atoms with Crippen LogP contribution in [0.2, 0.25) is 0 Å². The minimum absolute atomic E-state index is 0.350. The Morgan fingerprint density at radius 3 is 3.22 bits per heavy atom. The van der Waals surface area contributed by atoms with E-state index in [0.717, 1.165) is 47.6 Å². The van der Waals surface area contributed by atoms with E-state index in [9.17, 15) is 5.02 Å². The summed E-state index contributed by atoms with van der Waals surface area (Å²) in [5, 5.41) is 14.3. The second-order valence-corrected chi connectivity index (χ2v) is 5.95. The smallest absolute Gasteiger partial charge is 0.531 e. The zero-order valence-corrected chi connectivity index (χ0v) is 13.0. The molecule has 7 heteroatoms. The number of hydrogen-bond donors (Lipinski definition) is 3. The molecular formula is C16H19BN4O2. The molecule has 4 rings (SSSR count). The molecule has 0 spiro atoms. The van der Waals surface area contributed by atoms with Gasteiger partial charge in [-0.2, -0.15) is 0 Å². The minimum atomic E-state index is -0.915. The summed E-state index contributed by atoms with van der Waals surface area (Å²) in [6.45, 7) is 8.76. The summed E-state index contributed by atoms with van der Waals surface area (Å²) in [4.78, 5) is 9.68. The van der Waals surface area contributed by atoms with Crippen LogP contribution < -0.4 is 9.97 Å². The van der Waals surface area contributed by atoms with E-state index >= 15 is 0 Å². The van der Waals surface area contributed by atoms with Gasteiger partial charge in [-0.1, -0.05) is 6.58 Å². The second-order valence-electron chi connectivity index (χ2n) is 5.95. The standard InChI is InChI=1S/C16H19BN4O2/c1-3-18-10(2)21-8-11(9-21)13-6-17(22)23-14-7-20-16-12(15(13)14)4-5-19-16/h4-7,11,18,22H,2-3,8-9H2,1H3,(H,19,20). The third-order valence-corrected chi connectivity index (χ3v) is 4.49. The lowest BCUT2D eigenvalue weighted by Gasteiger charge is -2.44. The predicted octanol–water partition coefficient (Wildman–Crippen LogP) is 1.37. The molecule has 0 bridgehead atoms. The fraction of sp³-hybridized carbons (Fsp3) is 0.312. The third kappa shape index (κ3) is 2.28. The first-order valence-corrected chi connectivity index (χ1v) is 7.88. The van der Waals surface area contributed by atoms with E-state index in [2.05, 4.69) is 33.7 Å². The number of aromatic amines is 1. The molecule has 23 heavy (non-hydrogen) atoms. The fourth-order valence-corrected chi connectivity index (χ4v) is 3.33. The van der Waals surface area contributed by atoms with Gasteiger partial charge in [0, 0.05) is 42.7 Å². The van der Waals surface area contributed by atoms with Crippen molar-refractivity contribution in [1.29, 1.82) is 0 Å². The maximum atomic E-state index is 10.00. The Morgan fingerprint density at radius 1 is 1.61 bits per heavy atom. The van der Waals surface area contributed by atoms with Crippen molar-refractivity contribution < 1.29 is 9.68 Å². The van der Waals surface area contributed by atoms with Crippen LogP contribution in [-0.2, 0) is 0 Å². The van der Waals surface area contributed by atoms with E-state index in [-0.39, 0.29) is 0 Å². The predicted molar refractivity (Wildman–Crippen MR) is 90.6 cm³/mol. The first kappa shape index (κ1) is 14.2. The lowest BCUT2D eigenvalue weighted by Crippen LogP contribution is -2.49. The van der Waals surface area contributed by atoms with E-state index in [1.165, 1.54) is 0 Å². The Bertz CT molecular complexity index is 794. The number of nitrogens with zero attached hydrogens (tertiary/aromatic N) is 2. The van der Waals surface area contributed by atoms with Crippen molar-refractivity contribution in [3.8, 4) is 5.75 Å². The number of likely N-dealkylation sites (tertiary alicyclic amines) is 1. The van der Waals surface area contributed by atoms with Gasteiger partial charge in [0.2, 0.25) is 0 Å². The lowest BCUT2D eigenvalue weighted by atomic mass is 9.75. The van der Waals surface area contributed by atoms with Crippen LogP contribution in [0.25, 0.3) is 16.6 Å². The summed E-state index contributed by atoms with van der Waals surface area (Å²) in [7, 11) is -0.915. The molecule has 2 aliphatic rings. The average Bonchev–Trinajstić information content (AvgIpc) is 2.93. The summed E-state index contributed by atoms with van der Waals surface area (Å²) in [6, 6.07) is 2.00. The Hall–Kier alpha value is -2.41. The molecule has 0 radical (unpaired) electrons. The van der Waals surface area contributed by atoms with Crippen LogP contribution in [0.3, 0.4) is 0 Å². The highest BCUT2D eigenvalue weighted by molar-refractivity contribution is 6.52. The fourth-order valence-electron chi connectivity index (χ4n) is 3.33. The number of H-pyrrole nitrogens is 1. The van der Waals surface area contributed by atoms with Gasteiger partial charge < -0.3 is 24.9 Å². The van der Waals surface area contributed by atoms with Crippen LogP contribution in [0.1, 0.15) is 12.5 Å². The second kappa shape index (κ2) is 5.35. The molecule has 6 nitrogen and oxygen atoms in total. The van der Waals surface area contributed by atoms with Crippen LogP contribution in [0.4, 0.5) is 0 Å². The number of nitrogens with one attached hydrogen (secondary N) is 2. The summed E-state index contributed by atoms with van der Waals surface area (Å²) >= 11 is 0.